The highest BCUT2D eigenvalue weighted by Gasteiger charge is 2.36. The number of ketones is 2. The number of fused-ring (bicyclic) bond motifs is 1. The molecule has 0 radical (unpaired) electrons. The number of hydrogen-bond acceptors (Lipinski definition) is 6. The highest BCUT2D eigenvalue weighted by atomic mass is 32.2. The molecule has 0 bridgehead atoms. The van der Waals surface area contributed by atoms with Crippen molar-refractivity contribution in [2.24, 2.45) is 5.14 Å². The van der Waals surface area contributed by atoms with Gasteiger partial charge in [0.15, 0.2) is 11.6 Å². The number of sulfonamides is 1. The van der Waals surface area contributed by atoms with Crippen LogP contribution in [0.25, 0.3) is 0 Å². The summed E-state index contributed by atoms with van der Waals surface area (Å²) >= 11 is 0. The Kier molecular flexibility index (Phi) is 3.87. The summed E-state index contributed by atoms with van der Waals surface area (Å²) in [7, 11) is -4.22. The van der Waals surface area contributed by atoms with E-state index in [-0.39, 0.29) is 28.2 Å². The van der Waals surface area contributed by atoms with E-state index in [9.17, 15) is 22.4 Å². The molecule has 1 aliphatic carbocycles. The summed E-state index contributed by atoms with van der Waals surface area (Å²) in [5, 5.41) is 13.9. The van der Waals surface area contributed by atoms with Crippen LogP contribution in [-0.2, 0) is 10.0 Å². The number of nitrogens with two attached hydrogens (primary N) is 1. The van der Waals surface area contributed by atoms with Crippen molar-refractivity contribution in [1.29, 1.82) is 5.26 Å². The lowest BCUT2D eigenvalue weighted by molar-refractivity contribution is 0.0921. The second kappa shape index (κ2) is 5.77. The summed E-state index contributed by atoms with van der Waals surface area (Å²) in [4.78, 5) is 23.6. The van der Waals surface area contributed by atoms with E-state index in [1.807, 2.05) is 0 Å². The fourth-order valence-electron chi connectivity index (χ4n) is 2.58. The maximum atomic E-state index is 13.5. The first-order chi connectivity index (χ1) is 11.7. The van der Waals surface area contributed by atoms with Crippen molar-refractivity contribution in [3.63, 3.8) is 0 Å². The van der Waals surface area contributed by atoms with Gasteiger partial charge in [0.05, 0.1) is 34.1 Å². The van der Waals surface area contributed by atoms with E-state index in [0.29, 0.717) is 0 Å². The Bertz CT molecular complexity index is 1090. The molecule has 0 unspecified atom stereocenters. The largest absolute Gasteiger partial charge is 0.456 e. The second-order valence-electron chi connectivity index (χ2n) is 5.27. The second-order valence-corrected chi connectivity index (χ2v) is 6.80. The summed E-state index contributed by atoms with van der Waals surface area (Å²) in [5.41, 5.74) is -0.559. The Balaban J connectivity index is 2.17. The zero-order chi connectivity index (χ0) is 18.4. The average Bonchev–Trinajstić information content (AvgIpc) is 2.81. The van der Waals surface area contributed by atoms with Crippen LogP contribution in [-0.4, -0.2) is 20.0 Å². The fourth-order valence-corrected chi connectivity index (χ4v) is 3.33. The molecule has 0 heterocycles. The minimum absolute atomic E-state index is 0.00444. The highest BCUT2D eigenvalue weighted by molar-refractivity contribution is 7.89. The van der Waals surface area contributed by atoms with Crippen molar-refractivity contribution >= 4 is 21.6 Å². The molecular formula is C16H9FN2O5S. The average molecular weight is 360 g/mol. The van der Waals surface area contributed by atoms with Gasteiger partial charge in [-0.2, -0.15) is 5.26 Å². The van der Waals surface area contributed by atoms with Crippen LogP contribution >= 0.6 is 0 Å². The van der Waals surface area contributed by atoms with Gasteiger partial charge < -0.3 is 4.74 Å². The molecular weight excluding hydrogens is 351 g/mol. The molecule has 2 aromatic carbocycles. The van der Waals surface area contributed by atoms with Crippen LogP contribution < -0.4 is 9.88 Å². The minimum atomic E-state index is -4.22. The standard InChI is InChI=1S/C16H9FN2O5S/c17-9-3-8(7-18)4-10(5-9)24-13-1-2-14(25(19,22)23)16-12(21)6-11(20)15(13)16/h1-5H,6H2,(H2,19,22,23). The molecule has 126 valence electrons. The van der Waals surface area contributed by atoms with Gasteiger partial charge in [-0.25, -0.2) is 17.9 Å². The van der Waals surface area contributed by atoms with Crippen LogP contribution in [0.2, 0.25) is 0 Å². The van der Waals surface area contributed by atoms with E-state index in [4.69, 9.17) is 15.1 Å². The topological polar surface area (TPSA) is 127 Å². The number of Topliss-reactive ketones (excluding diaryl/α,β-unsaturated/α-hetero) is 2. The van der Waals surface area contributed by atoms with Crippen molar-refractivity contribution in [2.45, 2.75) is 11.3 Å². The number of hydrogen-bond donors (Lipinski definition) is 1. The molecule has 0 saturated carbocycles. The lowest BCUT2D eigenvalue weighted by Crippen LogP contribution is -2.16. The number of halogens is 1. The third-order valence-corrected chi connectivity index (χ3v) is 4.50. The maximum absolute atomic E-state index is 13.5. The highest BCUT2D eigenvalue weighted by Crippen LogP contribution is 2.37. The quantitative estimate of drug-likeness (QED) is 0.833. The normalized spacial score (nSPS) is 13.5. The van der Waals surface area contributed by atoms with Gasteiger partial charge in [-0.15, -0.1) is 0 Å². The van der Waals surface area contributed by atoms with Gasteiger partial charge >= 0.3 is 0 Å². The van der Waals surface area contributed by atoms with Gasteiger partial charge in [0.25, 0.3) is 0 Å². The monoisotopic (exact) mass is 360 g/mol. The van der Waals surface area contributed by atoms with Gasteiger partial charge in [0.1, 0.15) is 17.3 Å². The number of primary sulfonamides is 1. The molecule has 0 aliphatic heterocycles. The minimum Gasteiger partial charge on any atom is -0.456 e. The van der Waals surface area contributed by atoms with Crippen molar-refractivity contribution in [3.8, 4) is 17.6 Å². The molecule has 0 saturated heterocycles. The van der Waals surface area contributed by atoms with E-state index in [1.54, 1.807) is 6.07 Å². The number of nitriles is 1. The molecule has 2 N–H and O–H groups in total. The molecule has 9 heteroatoms. The molecule has 0 fully saturated rings. The van der Waals surface area contributed by atoms with Crippen molar-refractivity contribution in [3.05, 3.63) is 52.8 Å². The zero-order valence-corrected chi connectivity index (χ0v) is 13.3. The van der Waals surface area contributed by atoms with E-state index < -0.39 is 38.7 Å². The first kappa shape index (κ1) is 16.8. The van der Waals surface area contributed by atoms with Gasteiger partial charge in [-0.3, -0.25) is 9.59 Å². The summed E-state index contributed by atoms with van der Waals surface area (Å²) in [6.07, 6.45) is -0.509. The third-order valence-electron chi connectivity index (χ3n) is 3.54. The lowest BCUT2D eigenvalue weighted by atomic mass is 10.1. The van der Waals surface area contributed by atoms with Crippen LogP contribution in [0.3, 0.4) is 0 Å². The van der Waals surface area contributed by atoms with Gasteiger partial charge in [-0.1, -0.05) is 0 Å². The summed E-state index contributed by atoms with van der Waals surface area (Å²) in [6.45, 7) is 0. The lowest BCUT2D eigenvalue weighted by Gasteiger charge is -2.12. The molecule has 0 amide bonds. The Morgan fingerprint density at radius 3 is 2.44 bits per heavy atom. The summed E-state index contributed by atoms with van der Waals surface area (Å²) < 4.78 is 42.2. The van der Waals surface area contributed by atoms with Crippen molar-refractivity contribution < 1.29 is 27.1 Å². The molecule has 25 heavy (non-hydrogen) atoms. The van der Waals surface area contributed by atoms with Gasteiger partial charge in [-0.05, 0) is 24.3 Å². The van der Waals surface area contributed by atoms with Crippen LogP contribution in [0.5, 0.6) is 11.5 Å². The SMILES string of the molecule is N#Cc1cc(F)cc(Oc2ccc(S(N)(=O)=O)c3c2C(=O)CC3=O)c1. The Hall–Kier alpha value is -3.09. The summed E-state index contributed by atoms with van der Waals surface area (Å²) in [5.74, 6) is -2.24. The Labute approximate surface area is 141 Å². The maximum Gasteiger partial charge on any atom is 0.238 e. The van der Waals surface area contributed by atoms with E-state index in [1.165, 1.54) is 6.07 Å². The number of carbonyl (C=O) groups excluding carboxylic acids is 2. The van der Waals surface area contributed by atoms with E-state index >= 15 is 0 Å². The molecule has 2 aromatic rings. The predicted octanol–water partition coefficient (Wildman–Crippen LogP) is 1.91. The summed E-state index contributed by atoms with van der Waals surface area (Å²) in [6, 6.07) is 7.18. The fraction of sp³-hybridized carbons (Fsp3) is 0.0625. The molecule has 3 rings (SSSR count). The number of nitrogens with zero attached hydrogens (tertiary/aromatic N) is 1. The number of carbonyl (C=O) groups is 2. The smallest absolute Gasteiger partial charge is 0.238 e. The van der Waals surface area contributed by atoms with Crippen LogP contribution in [0.4, 0.5) is 4.39 Å². The van der Waals surface area contributed by atoms with Gasteiger partial charge in [0, 0.05) is 6.07 Å². The molecule has 0 spiro atoms. The Morgan fingerprint density at radius 2 is 1.80 bits per heavy atom. The number of benzene rings is 2. The third kappa shape index (κ3) is 3.00. The molecule has 7 nitrogen and oxygen atoms in total. The van der Waals surface area contributed by atoms with Crippen LogP contribution in [0.1, 0.15) is 32.7 Å². The van der Waals surface area contributed by atoms with Gasteiger partial charge in [0.2, 0.25) is 10.0 Å². The van der Waals surface area contributed by atoms with Crippen molar-refractivity contribution in [1.82, 2.24) is 0 Å². The van der Waals surface area contributed by atoms with Crippen molar-refractivity contribution in [2.75, 3.05) is 0 Å². The van der Waals surface area contributed by atoms with E-state index in [0.717, 1.165) is 24.3 Å². The number of rotatable bonds is 3. The Morgan fingerprint density at radius 1 is 1.12 bits per heavy atom. The first-order valence-electron chi connectivity index (χ1n) is 6.85. The van der Waals surface area contributed by atoms with E-state index in [2.05, 4.69) is 0 Å². The molecule has 0 atom stereocenters. The number of ether oxygens (including phenoxy) is 1. The van der Waals surface area contributed by atoms with Crippen LogP contribution in [0.15, 0.2) is 35.2 Å². The van der Waals surface area contributed by atoms with Crippen LogP contribution in [0, 0.1) is 17.1 Å². The first-order valence-corrected chi connectivity index (χ1v) is 8.40. The predicted molar refractivity (Wildman–Crippen MR) is 82.3 cm³/mol. The molecule has 0 aromatic heterocycles. The zero-order valence-electron chi connectivity index (χ0n) is 12.4. The molecule has 1 aliphatic rings.